The fourth-order valence-corrected chi connectivity index (χ4v) is 6.28. The number of amides is 1. The standard InChI is InChI=1S/C30H25ClN2O5S/c1-20-17-24(39(36,37)33-16-15-21-7-5-6-10-27(21)33)12-14-28(20)38-19-29(34)32-26-13-11-23(31)18-25(26)30(35)22-8-3-2-4-9-22/h2-14,17-18H,15-16,19H2,1H3,(H,32,34). The molecular formula is C30H25ClN2O5S. The second kappa shape index (κ2) is 10.9. The van der Waals surface area contributed by atoms with Crippen LogP contribution < -0.4 is 14.4 Å². The number of ether oxygens (including phenoxy) is 1. The molecule has 0 fully saturated rings. The molecule has 9 heteroatoms. The van der Waals surface area contributed by atoms with Gasteiger partial charge in [0.2, 0.25) is 0 Å². The summed E-state index contributed by atoms with van der Waals surface area (Å²) in [5.74, 6) is -0.380. The first-order valence-corrected chi connectivity index (χ1v) is 14.1. The van der Waals surface area contributed by atoms with E-state index in [-0.39, 0.29) is 22.8 Å². The lowest BCUT2D eigenvalue weighted by Gasteiger charge is -2.20. The third-order valence-electron chi connectivity index (χ3n) is 6.47. The average Bonchev–Trinajstić information content (AvgIpc) is 3.38. The number of fused-ring (bicyclic) bond motifs is 1. The first-order valence-electron chi connectivity index (χ1n) is 12.3. The first kappa shape index (κ1) is 26.5. The summed E-state index contributed by atoms with van der Waals surface area (Å²) < 4.78 is 33.8. The van der Waals surface area contributed by atoms with Crippen LogP contribution in [0, 0.1) is 6.92 Å². The van der Waals surface area contributed by atoms with Gasteiger partial charge < -0.3 is 10.1 Å². The molecule has 198 valence electrons. The largest absolute Gasteiger partial charge is 0.483 e. The number of halogens is 1. The molecule has 39 heavy (non-hydrogen) atoms. The van der Waals surface area contributed by atoms with E-state index in [1.165, 1.54) is 16.4 Å². The molecule has 0 unspecified atom stereocenters. The summed E-state index contributed by atoms with van der Waals surface area (Å²) >= 11 is 6.12. The quantitative estimate of drug-likeness (QED) is 0.281. The van der Waals surface area contributed by atoms with E-state index in [1.54, 1.807) is 55.5 Å². The molecular weight excluding hydrogens is 536 g/mol. The molecule has 0 aromatic heterocycles. The van der Waals surface area contributed by atoms with Crippen molar-refractivity contribution in [2.75, 3.05) is 22.8 Å². The van der Waals surface area contributed by atoms with Gasteiger partial charge in [0, 0.05) is 22.7 Å². The van der Waals surface area contributed by atoms with Crippen LogP contribution >= 0.6 is 11.6 Å². The van der Waals surface area contributed by atoms with E-state index >= 15 is 0 Å². The van der Waals surface area contributed by atoms with E-state index in [2.05, 4.69) is 5.32 Å². The molecule has 1 aliphatic rings. The smallest absolute Gasteiger partial charge is 0.264 e. The topological polar surface area (TPSA) is 92.8 Å². The van der Waals surface area contributed by atoms with Crippen molar-refractivity contribution in [2.24, 2.45) is 0 Å². The molecule has 1 N–H and O–H groups in total. The number of nitrogens with zero attached hydrogens (tertiary/aromatic N) is 1. The van der Waals surface area contributed by atoms with E-state index in [0.717, 1.165) is 5.56 Å². The number of hydrogen-bond acceptors (Lipinski definition) is 5. The number of aryl methyl sites for hydroxylation is 1. The zero-order valence-corrected chi connectivity index (χ0v) is 22.6. The first-order chi connectivity index (χ1) is 18.7. The van der Waals surface area contributed by atoms with Gasteiger partial charge in [0.1, 0.15) is 5.75 Å². The number of para-hydroxylation sites is 1. The van der Waals surface area contributed by atoms with Gasteiger partial charge in [-0.15, -0.1) is 0 Å². The Morgan fingerprint density at radius 1 is 0.949 bits per heavy atom. The number of benzene rings is 4. The number of ketones is 1. The molecule has 4 aromatic rings. The highest BCUT2D eigenvalue weighted by atomic mass is 35.5. The summed E-state index contributed by atoms with van der Waals surface area (Å²) in [4.78, 5) is 25.9. The molecule has 0 atom stereocenters. The van der Waals surface area contributed by atoms with Crippen LogP contribution in [0.2, 0.25) is 5.02 Å². The van der Waals surface area contributed by atoms with Crippen LogP contribution in [0.3, 0.4) is 0 Å². The molecule has 0 bridgehead atoms. The minimum Gasteiger partial charge on any atom is -0.483 e. The van der Waals surface area contributed by atoms with Crippen molar-refractivity contribution in [3.8, 4) is 5.75 Å². The van der Waals surface area contributed by atoms with Crippen molar-refractivity contribution in [3.05, 3.63) is 118 Å². The summed E-state index contributed by atoms with van der Waals surface area (Å²) in [5.41, 5.74) is 3.30. The SMILES string of the molecule is Cc1cc(S(=O)(=O)N2CCc3ccccc32)ccc1OCC(=O)Nc1ccc(Cl)cc1C(=O)c1ccccc1. The van der Waals surface area contributed by atoms with Gasteiger partial charge in [-0.25, -0.2) is 8.42 Å². The molecule has 1 heterocycles. The highest BCUT2D eigenvalue weighted by molar-refractivity contribution is 7.92. The van der Waals surface area contributed by atoms with Crippen molar-refractivity contribution < 1.29 is 22.7 Å². The van der Waals surface area contributed by atoms with Crippen molar-refractivity contribution in [1.82, 2.24) is 0 Å². The van der Waals surface area contributed by atoms with Gasteiger partial charge in [0.25, 0.3) is 15.9 Å². The predicted molar refractivity (Wildman–Crippen MR) is 151 cm³/mol. The van der Waals surface area contributed by atoms with E-state index in [9.17, 15) is 18.0 Å². The maximum absolute atomic E-state index is 13.3. The number of anilines is 2. The molecule has 0 radical (unpaired) electrons. The third-order valence-corrected chi connectivity index (χ3v) is 8.52. The number of carbonyl (C=O) groups is 2. The lowest BCUT2D eigenvalue weighted by molar-refractivity contribution is -0.118. The summed E-state index contributed by atoms with van der Waals surface area (Å²) in [6, 6.07) is 25.4. The zero-order valence-electron chi connectivity index (χ0n) is 21.1. The Balaban J connectivity index is 1.28. The number of nitrogens with one attached hydrogen (secondary N) is 1. The van der Waals surface area contributed by atoms with Crippen LogP contribution in [0.5, 0.6) is 5.75 Å². The molecule has 4 aromatic carbocycles. The normalized spacial score (nSPS) is 12.6. The monoisotopic (exact) mass is 560 g/mol. The van der Waals surface area contributed by atoms with Crippen molar-refractivity contribution >= 4 is 44.7 Å². The maximum Gasteiger partial charge on any atom is 0.264 e. The molecule has 0 aliphatic carbocycles. The van der Waals surface area contributed by atoms with Crippen LogP contribution in [0.1, 0.15) is 27.0 Å². The third kappa shape index (κ3) is 5.53. The summed E-state index contributed by atoms with van der Waals surface area (Å²) in [6.07, 6.45) is 0.664. The van der Waals surface area contributed by atoms with Gasteiger partial charge in [0.15, 0.2) is 12.4 Å². The van der Waals surface area contributed by atoms with Gasteiger partial charge in [-0.1, -0.05) is 60.1 Å². The fourth-order valence-electron chi connectivity index (χ4n) is 4.52. The van der Waals surface area contributed by atoms with Gasteiger partial charge >= 0.3 is 0 Å². The maximum atomic E-state index is 13.3. The molecule has 5 rings (SSSR count). The Hall–Kier alpha value is -4.14. The molecule has 0 saturated carbocycles. The fraction of sp³-hybridized carbons (Fsp3) is 0.133. The number of carbonyl (C=O) groups excluding carboxylic acids is 2. The molecule has 1 aliphatic heterocycles. The summed E-state index contributed by atoms with van der Waals surface area (Å²) in [6.45, 7) is 1.77. The molecule has 7 nitrogen and oxygen atoms in total. The van der Waals surface area contributed by atoms with Crippen LogP contribution in [0.15, 0.2) is 95.9 Å². The number of rotatable bonds is 8. The minimum atomic E-state index is -3.75. The Kier molecular flexibility index (Phi) is 7.41. The predicted octanol–water partition coefficient (Wildman–Crippen LogP) is 5.65. The number of sulfonamides is 1. The van der Waals surface area contributed by atoms with Crippen LogP contribution in [-0.2, 0) is 21.2 Å². The second-order valence-electron chi connectivity index (χ2n) is 9.11. The Bertz CT molecular complexity index is 1670. The summed E-state index contributed by atoms with van der Waals surface area (Å²) in [5, 5.41) is 3.08. The Labute approximate surface area is 232 Å². The van der Waals surface area contributed by atoms with Gasteiger partial charge in [-0.05, 0) is 66.9 Å². The van der Waals surface area contributed by atoms with Crippen LogP contribution in [-0.4, -0.2) is 33.3 Å². The lowest BCUT2D eigenvalue weighted by atomic mass is 10.0. The van der Waals surface area contributed by atoms with Crippen molar-refractivity contribution in [1.29, 1.82) is 0 Å². The Morgan fingerprint density at radius 3 is 2.46 bits per heavy atom. The molecule has 0 saturated heterocycles. The van der Waals surface area contributed by atoms with Gasteiger partial charge in [0.05, 0.1) is 16.3 Å². The lowest BCUT2D eigenvalue weighted by Crippen LogP contribution is -2.29. The number of hydrogen-bond donors (Lipinski definition) is 1. The zero-order chi connectivity index (χ0) is 27.6. The Morgan fingerprint density at radius 2 is 1.69 bits per heavy atom. The minimum absolute atomic E-state index is 0.152. The molecule has 0 spiro atoms. The highest BCUT2D eigenvalue weighted by Gasteiger charge is 2.31. The van der Waals surface area contributed by atoms with E-state index in [0.29, 0.717) is 46.2 Å². The highest BCUT2D eigenvalue weighted by Crippen LogP contribution is 2.34. The van der Waals surface area contributed by atoms with Gasteiger partial charge in [-0.2, -0.15) is 0 Å². The molecule has 1 amide bonds. The van der Waals surface area contributed by atoms with Crippen molar-refractivity contribution in [2.45, 2.75) is 18.2 Å². The average molecular weight is 561 g/mol. The van der Waals surface area contributed by atoms with E-state index in [1.807, 2.05) is 30.3 Å². The van der Waals surface area contributed by atoms with E-state index in [4.69, 9.17) is 16.3 Å². The van der Waals surface area contributed by atoms with Crippen LogP contribution in [0.4, 0.5) is 11.4 Å². The van der Waals surface area contributed by atoms with E-state index < -0.39 is 15.9 Å². The van der Waals surface area contributed by atoms with Crippen molar-refractivity contribution in [3.63, 3.8) is 0 Å². The van der Waals surface area contributed by atoms with Gasteiger partial charge in [-0.3, -0.25) is 13.9 Å². The van der Waals surface area contributed by atoms with Crippen LogP contribution in [0.25, 0.3) is 0 Å². The second-order valence-corrected chi connectivity index (χ2v) is 11.4. The summed E-state index contributed by atoms with van der Waals surface area (Å²) in [7, 11) is -3.75.